The highest BCUT2D eigenvalue weighted by atomic mass is 16.5. The molecule has 5 nitrogen and oxygen atoms in total. The fraction of sp³-hybridized carbons (Fsp3) is 0.643. The molecule has 19 heavy (non-hydrogen) atoms. The molecule has 0 bridgehead atoms. The van der Waals surface area contributed by atoms with Crippen molar-refractivity contribution in [3.8, 4) is 0 Å². The zero-order chi connectivity index (χ0) is 13.7. The number of methoxy groups -OCH3 is 1. The number of aryl methyl sites for hydroxylation is 1. The van der Waals surface area contributed by atoms with Crippen LogP contribution in [0.25, 0.3) is 0 Å². The lowest BCUT2D eigenvalue weighted by atomic mass is 9.79. The van der Waals surface area contributed by atoms with Crippen LogP contribution in [-0.4, -0.2) is 39.3 Å². The number of hydrogen-bond donors (Lipinski definition) is 2. The quantitative estimate of drug-likeness (QED) is 0.844. The first-order valence-electron chi connectivity index (χ1n) is 6.69. The fourth-order valence-electron chi connectivity index (χ4n) is 2.59. The van der Waals surface area contributed by atoms with Crippen molar-refractivity contribution in [1.29, 1.82) is 0 Å². The van der Waals surface area contributed by atoms with Crippen molar-refractivity contribution < 1.29 is 13.9 Å². The summed E-state index contributed by atoms with van der Waals surface area (Å²) in [5.41, 5.74) is 0.902. The number of ether oxygens (including phenoxy) is 1. The van der Waals surface area contributed by atoms with Gasteiger partial charge in [-0.1, -0.05) is 0 Å². The molecule has 2 heterocycles. The van der Waals surface area contributed by atoms with Gasteiger partial charge in [-0.25, -0.2) is 0 Å². The molecule has 0 aromatic carbocycles. The molecule has 1 aromatic heterocycles. The Morgan fingerprint density at radius 2 is 2.26 bits per heavy atom. The predicted molar refractivity (Wildman–Crippen MR) is 72.2 cm³/mol. The zero-order valence-electron chi connectivity index (χ0n) is 11.6. The molecule has 0 saturated carbocycles. The minimum Gasteiger partial charge on any atom is -0.459 e. The normalized spacial score (nSPS) is 18.2. The molecule has 1 aromatic rings. The molecular formula is C14H22N2O3. The molecule has 0 atom stereocenters. The standard InChI is InChI=1S/C14H22N2O3/c1-11-3-8-19-12(11)13(17)16-9-14(10-18-2)4-6-15-7-5-14/h3,8,15H,4-7,9-10H2,1-2H3,(H,16,17). The monoisotopic (exact) mass is 266 g/mol. The smallest absolute Gasteiger partial charge is 0.287 e. The third kappa shape index (κ3) is 3.36. The average molecular weight is 266 g/mol. The Kier molecular flexibility index (Phi) is 4.61. The van der Waals surface area contributed by atoms with Crippen molar-refractivity contribution >= 4 is 5.91 Å². The van der Waals surface area contributed by atoms with Crippen molar-refractivity contribution in [3.63, 3.8) is 0 Å². The molecule has 1 aliphatic heterocycles. The molecule has 1 aliphatic rings. The van der Waals surface area contributed by atoms with Gasteiger partial charge >= 0.3 is 0 Å². The highest BCUT2D eigenvalue weighted by Crippen LogP contribution is 2.28. The van der Waals surface area contributed by atoms with Gasteiger partial charge in [0.05, 0.1) is 12.9 Å². The van der Waals surface area contributed by atoms with Crippen LogP contribution in [0.5, 0.6) is 0 Å². The molecule has 1 saturated heterocycles. The van der Waals surface area contributed by atoms with Gasteiger partial charge in [-0.15, -0.1) is 0 Å². The Morgan fingerprint density at radius 1 is 1.53 bits per heavy atom. The fourth-order valence-corrected chi connectivity index (χ4v) is 2.59. The van der Waals surface area contributed by atoms with Gasteiger partial charge in [0.15, 0.2) is 5.76 Å². The summed E-state index contributed by atoms with van der Waals surface area (Å²) in [4.78, 5) is 12.1. The van der Waals surface area contributed by atoms with Crippen LogP contribution in [0.15, 0.2) is 16.7 Å². The molecule has 0 aliphatic carbocycles. The molecule has 0 spiro atoms. The lowest BCUT2D eigenvalue weighted by Gasteiger charge is -2.37. The number of amides is 1. The lowest BCUT2D eigenvalue weighted by molar-refractivity contribution is 0.0506. The maximum absolute atomic E-state index is 12.1. The first kappa shape index (κ1) is 14.1. The third-order valence-corrected chi connectivity index (χ3v) is 3.81. The van der Waals surface area contributed by atoms with Gasteiger partial charge in [0, 0.05) is 24.6 Å². The maximum Gasteiger partial charge on any atom is 0.287 e. The summed E-state index contributed by atoms with van der Waals surface area (Å²) in [6, 6.07) is 1.80. The van der Waals surface area contributed by atoms with E-state index in [1.54, 1.807) is 19.4 Å². The highest BCUT2D eigenvalue weighted by molar-refractivity contribution is 5.92. The van der Waals surface area contributed by atoms with Crippen LogP contribution in [-0.2, 0) is 4.74 Å². The number of nitrogens with one attached hydrogen (secondary N) is 2. The summed E-state index contributed by atoms with van der Waals surface area (Å²) in [6.07, 6.45) is 3.57. The van der Waals surface area contributed by atoms with E-state index in [0.29, 0.717) is 18.9 Å². The zero-order valence-corrected chi connectivity index (χ0v) is 11.6. The van der Waals surface area contributed by atoms with Crippen LogP contribution in [0.2, 0.25) is 0 Å². The Bertz CT molecular complexity index is 417. The van der Waals surface area contributed by atoms with Gasteiger partial charge in [-0.3, -0.25) is 4.79 Å². The maximum atomic E-state index is 12.1. The van der Waals surface area contributed by atoms with Crippen LogP contribution in [0, 0.1) is 12.3 Å². The van der Waals surface area contributed by atoms with Crippen molar-refractivity contribution in [2.24, 2.45) is 5.41 Å². The summed E-state index contributed by atoms with van der Waals surface area (Å²) in [5, 5.41) is 6.32. The molecule has 1 fully saturated rings. The molecule has 1 amide bonds. The van der Waals surface area contributed by atoms with E-state index in [0.717, 1.165) is 31.5 Å². The Labute approximate surface area is 113 Å². The topological polar surface area (TPSA) is 63.5 Å². The summed E-state index contributed by atoms with van der Waals surface area (Å²) in [5.74, 6) is 0.262. The largest absolute Gasteiger partial charge is 0.459 e. The van der Waals surface area contributed by atoms with Crippen LogP contribution >= 0.6 is 0 Å². The average Bonchev–Trinajstić information content (AvgIpc) is 2.84. The van der Waals surface area contributed by atoms with Crippen LogP contribution in [0.3, 0.4) is 0 Å². The number of carbonyl (C=O) groups excluding carboxylic acids is 1. The molecule has 2 rings (SSSR count). The predicted octanol–water partition coefficient (Wildman–Crippen LogP) is 1.33. The van der Waals surface area contributed by atoms with E-state index in [1.807, 2.05) is 6.92 Å². The summed E-state index contributed by atoms with van der Waals surface area (Å²) in [7, 11) is 1.71. The van der Waals surface area contributed by atoms with E-state index in [9.17, 15) is 4.79 Å². The Morgan fingerprint density at radius 3 is 2.84 bits per heavy atom. The first-order chi connectivity index (χ1) is 9.17. The van der Waals surface area contributed by atoms with E-state index >= 15 is 0 Å². The van der Waals surface area contributed by atoms with E-state index in [1.165, 1.54) is 0 Å². The molecular weight excluding hydrogens is 244 g/mol. The molecule has 0 radical (unpaired) electrons. The van der Waals surface area contributed by atoms with E-state index in [-0.39, 0.29) is 11.3 Å². The highest BCUT2D eigenvalue weighted by Gasteiger charge is 2.32. The lowest BCUT2D eigenvalue weighted by Crippen LogP contribution is -2.47. The Balaban J connectivity index is 1.95. The van der Waals surface area contributed by atoms with E-state index in [4.69, 9.17) is 9.15 Å². The van der Waals surface area contributed by atoms with E-state index in [2.05, 4.69) is 10.6 Å². The molecule has 5 heteroatoms. The van der Waals surface area contributed by atoms with Crippen molar-refractivity contribution in [1.82, 2.24) is 10.6 Å². The third-order valence-electron chi connectivity index (χ3n) is 3.81. The SMILES string of the molecule is COCC1(CNC(=O)c2occc2C)CCNCC1. The van der Waals surface area contributed by atoms with Gasteiger partial charge < -0.3 is 19.8 Å². The van der Waals surface area contributed by atoms with Gasteiger partial charge in [-0.2, -0.15) is 0 Å². The van der Waals surface area contributed by atoms with Crippen molar-refractivity contribution in [2.75, 3.05) is 33.4 Å². The second-order valence-electron chi connectivity index (χ2n) is 5.30. The van der Waals surface area contributed by atoms with E-state index < -0.39 is 0 Å². The minimum atomic E-state index is -0.142. The molecule has 106 valence electrons. The Hall–Kier alpha value is -1.33. The van der Waals surface area contributed by atoms with Crippen molar-refractivity contribution in [3.05, 3.63) is 23.7 Å². The van der Waals surface area contributed by atoms with Gasteiger partial charge in [-0.05, 0) is 38.9 Å². The van der Waals surface area contributed by atoms with Gasteiger partial charge in [0.25, 0.3) is 5.91 Å². The summed E-state index contributed by atoms with van der Waals surface area (Å²) < 4.78 is 10.5. The number of rotatable bonds is 5. The number of hydrogen-bond acceptors (Lipinski definition) is 4. The van der Waals surface area contributed by atoms with Crippen LogP contribution in [0.1, 0.15) is 29.0 Å². The number of furan rings is 1. The number of carbonyl (C=O) groups is 1. The van der Waals surface area contributed by atoms with Gasteiger partial charge in [0.2, 0.25) is 0 Å². The summed E-state index contributed by atoms with van der Waals surface area (Å²) >= 11 is 0. The first-order valence-corrected chi connectivity index (χ1v) is 6.69. The molecule has 2 N–H and O–H groups in total. The minimum absolute atomic E-state index is 0.0379. The number of piperidine rings is 1. The van der Waals surface area contributed by atoms with Crippen molar-refractivity contribution in [2.45, 2.75) is 19.8 Å². The van der Waals surface area contributed by atoms with Crippen LogP contribution < -0.4 is 10.6 Å². The van der Waals surface area contributed by atoms with Crippen LogP contribution in [0.4, 0.5) is 0 Å². The van der Waals surface area contributed by atoms with Gasteiger partial charge in [0.1, 0.15) is 0 Å². The summed E-state index contributed by atoms with van der Waals surface area (Å²) in [6.45, 7) is 5.11. The second-order valence-corrected chi connectivity index (χ2v) is 5.30. The second kappa shape index (κ2) is 6.21. The molecule has 0 unspecified atom stereocenters.